The van der Waals surface area contributed by atoms with Gasteiger partial charge in [0.15, 0.2) is 11.5 Å². The Morgan fingerprint density at radius 2 is 1.75 bits per heavy atom. The first-order valence-electron chi connectivity index (χ1n) is 10.1. The summed E-state index contributed by atoms with van der Waals surface area (Å²) in [4.78, 5) is 20.9. The lowest BCUT2D eigenvalue weighted by Crippen LogP contribution is -2.48. The zero-order chi connectivity index (χ0) is 22.5. The van der Waals surface area contributed by atoms with Crippen molar-refractivity contribution in [1.82, 2.24) is 15.0 Å². The van der Waals surface area contributed by atoms with E-state index in [9.17, 15) is 4.79 Å². The smallest absolute Gasteiger partial charge is 0.324 e. The highest BCUT2D eigenvalue weighted by molar-refractivity contribution is 6.30. The quantitative estimate of drug-likeness (QED) is 0.524. The first-order chi connectivity index (χ1) is 15.6. The van der Waals surface area contributed by atoms with Crippen LogP contribution in [0.25, 0.3) is 17.5 Å². The Morgan fingerprint density at radius 3 is 2.44 bits per heavy atom. The molecule has 32 heavy (non-hydrogen) atoms. The van der Waals surface area contributed by atoms with Crippen LogP contribution in [0.1, 0.15) is 5.56 Å². The van der Waals surface area contributed by atoms with E-state index in [2.05, 4.69) is 10.1 Å². The van der Waals surface area contributed by atoms with E-state index in [0.29, 0.717) is 54.5 Å². The van der Waals surface area contributed by atoms with E-state index in [1.165, 1.54) is 0 Å². The fourth-order valence-corrected chi connectivity index (χ4v) is 3.53. The van der Waals surface area contributed by atoms with Gasteiger partial charge in [0.2, 0.25) is 11.7 Å². The molecule has 4 rings (SSSR count). The van der Waals surface area contributed by atoms with Gasteiger partial charge in [-0.1, -0.05) is 22.8 Å². The van der Waals surface area contributed by atoms with E-state index in [0.717, 1.165) is 11.1 Å². The van der Waals surface area contributed by atoms with Gasteiger partial charge in [0.25, 0.3) is 0 Å². The molecule has 1 aliphatic rings. The van der Waals surface area contributed by atoms with Gasteiger partial charge in [-0.2, -0.15) is 4.98 Å². The third-order valence-electron chi connectivity index (χ3n) is 5.21. The van der Waals surface area contributed by atoms with Crippen LogP contribution in [0, 0.1) is 0 Å². The lowest BCUT2D eigenvalue weighted by Gasteiger charge is -2.32. The summed E-state index contributed by atoms with van der Waals surface area (Å²) in [5.74, 6) is 1.72. The van der Waals surface area contributed by atoms with Crippen LogP contribution in [0.5, 0.6) is 11.5 Å². The summed E-state index contributed by atoms with van der Waals surface area (Å²) < 4.78 is 16.0. The molecule has 1 aromatic heterocycles. The van der Waals surface area contributed by atoms with Gasteiger partial charge in [-0.25, -0.2) is 0 Å². The number of piperazine rings is 1. The molecule has 0 atom stereocenters. The number of rotatable bonds is 6. The fraction of sp³-hybridized carbons (Fsp3) is 0.261. The molecule has 0 saturated carbocycles. The predicted octanol–water partition coefficient (Wildman–Crippen LogP) is 3.77. The average molecular weight is 455 g/mol. The van der Waals surface area contributed by atoms with E-state index < -0.39 is 0 Å². The Kier molecular flexibility index (Phi) is 6.61. The minimum Gasteiger partial charge on any atom is -0.493 e. The van der Waals surface area contributed by atoms with Crippen molar-refractivity contribution in [3.63, 3.8) is 0 Å². The molecule has 166 valence electrons. The Morgan fingerprint density at radius 1 is 1.03 bits per heavy atom. The maximum Gasteiger partial charge on any atom is 0.324 e. The van der Waals surface area contributed by atoms with Gasteiger partial charge in [-0.05, 0) is 48.0 Å². The molecule has 0 spiro atoms. The molecule has 2 heterocycles. The lowest BCUT2D eigenvalue weighted by molar-refractivity contribution is -0.126. The van der Waals surface area contributed by atoms with E-state index >= 15 is 0 Å². The van der Waals surface area contributed by atoms with Crippen LogP contribution in [-0.4, -0.2) is 61.3 Å². The highest BCUT2D eigenvalue weighted by atomic mass is 35.5. The Labute approximate surface area is 191 Å². The number of ether oxygens (including phenoxy) is 2. The largest absolute Gasteiger partial charge is 0.493 e. The number of halogens is 1. The number of carbonyl (C=O) groups excluding carboxylic acids is 1. The lowest BCUT2D eigenvalue weighted by atomic mass is 10.2. The molecule has 0 radical (unpaired) electrons. The minimum absolute atomic E-state index is 0.0492. The molecule has 8 nitrogen and oxygen atoms in total. The average Bonchev–Trinajstić information content (AvgIpc) is 3.33. The van der Waals surface area contributed by atoms with Crippen molar-refractivity contribution in [2.45, 2.75) is 0 Å². The second-order valence-corrected chi connectivity index (χ2v) is 7.60. The highest BCUT2D eigenvalue weighted by Crippen LogP contribution is 2.28. The molecule has 1 fully saturated rings. The van der Waals surface area contributed by atoms with Gasteiger partial charge in [0.1, 0.15) is 0 Å². The summed E-state index contributed by atoms with van der Waals surface area (Å²) in [5, 5.41) is 4.70. The van der Waals surface area contributed by atoms with E-state index in [1.54, 1.807) is 43.4 Å². The van der Waals surface area contributed by atoms with Crippen LogP contribution in [0.15, 0.2) is 53.1 Å². The first kappa shape index (κ1) is 21.7. The third kappa shape index (κ3) is 4.86. The van der Waals surface area contributed by atoms with Crippen LogP contribution in [0.3, 0.4) is 0 Å². The summed E-state index contributed by atoms with van der Waals surface area (Å²) >= 11 is 5.93. The molecule has 0 bridgehead atoms. The van der Waals surface area contributed by atoms with Crippen molar-refractivity contribution in [2.24, 2.45) is 0 Å². The molecule has 0 N–H and O–H groups in total. The Hall–Kier alpha value is -3.52. The predicted molar refractivity (Wildman–Crippen MR) is 122 cm³/mol. The van der Waals surface area contributed by atoms with Gasteiger partial charge >= 0.3 is 6.01 Å². The standard InChI is InChI=1S/C23H23ClN4O4/c1-30-19-9-3-16(15-20(19)31-2)4-10-21(29)27-11-13-28(14-12-27)23-25-22(26-32-23)17-5-7-18(24)8-6-17/h3-10,15H,11-14H2,1-2H3. The summed E-state index contributed by atoms with van der Waals surface area (Å²) in [5.41, 5.74) is 1.69. The molecule has 9 heteroatoms. The molecular weight excluding hydrogens is 432 g/mol. The first-order valence-corrected chi connectivity index (χ1v) is 10.5. The van der Waals surface area contributed by atoms with Crippen molar-refractivity contribution < 1.29 is 18.8 Å². The van der Waals surface area contributed by atoms with Gasteiger partial charge < -0.3 is 23.8 Å². The zero-order valence-electron chi connectivity index (χ0n) is 17.8. The summed E-state index contributed by atoms with van der Waals surface area (Å²) in [6.07, 6.45) is 3.34. The van der Waals surface area contributed by atoms with Crippen molar-refractivity contribution >= 4 is 29.6 Å². The van der Waals surface area contributed by atoms with Crippen LogP contribution in [0.2, 0.25) is 5.02 Å². The normalized spacial score (nSPS) is 14.1. The van der Waals surface area contributed by atoms with E-state index in [-0.39, 0.29) is 5.91 Å². The number of nitrogens with zero attached hydrogens (tertiary/aromatic N) is 4. The molecule has 0 unspecified atom stereocenters. The van der Waals surface area contributed by atoms with Gasteiger partial charge in [0.05, 0.1) is 14.2 Å². The van der Waals surface area contributed by atoms with Crippen molar-refractivity contribution in [1.29, 1.82) is 0 Å². The zero-order valence-corrected chi connectivity index (χ0v) is 18.6. The number of benzene rings is 2. The van der Waals surface area contributed by atoms with Gasteiger partial charge in [-0.3, -0.25) is 4.79 Å². The summed E-state index contributed by atoms with van der Waals surface area (Å²) in [6.45, 7) is 2.35. The van der Waals surface area contributed by atoms with Crippen molar-refractivity contribution in [3.8, 4) is 22.9 Å². The molecule has 3 aromatic rings. The molecular formula is C23H23ClN4O4. The molecule has 2 aromatic carbocycles. The maximum atomic E-state index is 12.6. The summed E-state index contributed by atoms with van der Waals surface area (Å²) in [6, 6.07) is 13.2. The van der Waals surface area contributed by atoms with E-state index in [4.69, 9.17) is 25.6 Å². The topological polar surface area (TPSA) is 80.9 Å². The van der Waals surface area contributed by atoms with Crippen LogP contribution in [-0.2, 0) is 4.79 Å². The number of hydrogen-bond acceptors (Lipinski definition) is 7. The number of methoxy groups -OCH3 is 2. The SMILES string of the molecule is COc1ccc(C=CC(=O)N2CCN(c3nc(-c4ccc(Cl)cc4)no3)CC2)cc1OC. The fourth-order valence-electron chi connectivity index (χ4n) is 3.41. The number of amides is 1. The molecule has 1 aliphatic heterocycles. The Balaban J connectivity index is 1.34. The number of hydrogen-bond donors (Lipinski definition) is 0. The van der Waals surface area contributed by atoms with Gasteiger partial charge in [-0.15, -0.1) is 0 Å². The molecule has 0 aliphatic carbocycles. The second-order valence-electron chi connectivity index (χ2n) is 7.17. The highest BCUT2D eigenvalue weighted by Gasteiger charge is 2.23. The van der Waals surface area contributed by atoms with Crippen molar-refractivity contribution in [3.05, 3.63) is 59.1 Å². The second kappa shape index (κ2) is 9.74. The maximum absolute atomic E-state index is 12.6. The van der Waals surface area contributed by atoms with Crippen LogP contribution in [0.4, 0.5) is 6.01 Å². The van der Waals surface area contributed by atoms with Gasteiger partial charge in [0, 0.05) is 42.8 Å². The molecule has 1 saturated heterocycles. The van der Waals surface area contributed by atoms with Crippen LogP contribution >= 0.6 is 11.6 Å². The molecule has 1 amide bonds. The summed E-state index contributed by atoms with van der Waals surface area (Å²) in [7, 11) is 3.17. The van der Waals surface area contributed by atoms with Crippen LogP contribution < -0.4 is 14.4 Å². The number of carbonyl (C=O) groups is 1. The number of aromatic nitrogens is 2. The van der Waals surface area contributed by atoms with E-state index in [1.807, 2.05) is 35.2 Å². The van der Waals surface area contributed by atoms with Crippen molar-refractivity contribution in [2.75, 3.05) is 45.3 Å². The third-order valence-corrected chi connectivity index (χ3v) is 5.46. The Bertz CT molecular complexity index is 1110. The minimum atomic E-state index is -0.0492. The monoisotopic (exact) mass is 454 g/mol. The number of anilines is 1.